The molecule has 0 saturated carbocycles. The third-order valence-electron chi connectivity index (χ3n) is 4.96. The van der Waals surface area contributed by atoms with Crippen molar-refractivity contribution in [2.75, 3.05) is 11.6 Å². The first-order valence-electron chi connectivity index (χ1n) is 8.88. The number of hydrogen-bond donors (Lipinski definition) is 2. The van der Waals surface area contributed by atoms with Gasteiger partial charge in [0.25, 0.3) is 0 Å². The quantitative estimate of drug-likeness (QED) is 0.549. The SMILES string of the molecule is CSc1ccc([C@@H]2CC(=O)Nc3c2sc(C(=O)O)c3-c2ccc(C)cc2)cc1. The van der Waals surface area contributed by atoms with E-state index in [1.54, 1.807) is 11.8 Å². The Morgan fingerprint density at radius 2 is 1.82 bits per heavy atom. The minimum Gasteiger partial charge on any atom is -0.477 e. The zero-order chi connectivity index (χ0) is 19.8. The number of nitrogens with one attached hydrogen (secondary N) is 1. The van der Waals surface area contributed by atoms with E-state index in [2.05, 4.69) is 5.32 Å². The molecule has 142 valence electrons. The Labute approximate surface area is 171 Å². The molecule has 1 aliphatic heterocycles. The van der Waals surface area contributed by atoms with Gasteiger partial charge in [0, 0.05) is 27.7 Å². The van der Waals surface area contributed by atoms with E-state index < -0.39 is 5.97 Å². The second-order valence-electron chi connectivity index (χ2n) is 6.79. The lowest BCUT2D eigenvalue weighted by Crippen LogP contribution is -2.22. The van der Waals surface area contributed by atoms with E-state index in [0.717, 1.165) is 26.5 Å². The molecule has 1 aliphatic rings. The maximum Gasteiger partial charge on any atom is 0.346 e. The van der Waals surface area contributed by atoms with E-state index in [9.17, 15) is 14.7 Å². The number of anilines is 1. The third kappa shape index (κ3) is 3.34. The molecule has 4 nitrogen and oxygen atoms in total. The lowest BCUT2D eigenvalue weighted by atomic mass is 9.88. The number of hydrogen-bond acceptors (Lipinski definition) is 4. The van der Waals surface area contributed by atoms with Gasteiger partial charge >= 0.3 is 5.97 Å². The molecule has 6 heteroatoms. The highest BCUT2D eigenvalue weighted by Gasteiger charge is 2.34. The number of carbonyl (C=O) groups is 2. The highest BCUT2D eigenvalue weighted by atomic mass is 32.2. The zero-order valence-corrected chi connectivity index (χ0v) is 17.1. The predicted octanol–water partition coefficient (Wildman–Crippen LogP) is 5.62. The van der Waals surface area contributed by atoms with Crippen molar-refractivity contribution < 1.29 is 14.7 Å². The number of carbonyl (C=O) groups excluding carboxylic acids is 1. The van der Waals surface area contributed by atoms with Gasteiger partial charge in [-0.25, -0.2) is 4.79 Å². The first kappa shape index (κ1) is 18.8. The molecule has 0 fully saturated rings. The van der Waals surface area contributed by atoms with Crippen LogP contribution >= 0.6 is 23.1 Å². The summed E-state index contributed by atoms with van der Waals surface area (Å²) in [5, 5.41) is 12.8. The highest BCUT2D eigenvalue weighted by molar-refractivity contribution is 7.98. The lowest BCUT2D eigenvalue weighted by molar-refractivity contribution is -0.116. The van der Waals surface area contributed by atoms with Crippen molar-refractivity contribution in [1.29, 1.82) is 0 Å². The molecule has 0 saturated heterocycles. The molecule has 4 rings (SSSR count). The summed E-state index contributed by atoms with van der Waals surface area (Å²) in [5.41, 5.74) is 4.18. The molecule has 1 atom stereocenters. The van der Waals surface area contributed by atoms with Gasteiger partial charge < -0.3 is 10.4 Å². The second kappa shape index (κ2) is 7.45. The van der Waals surface area contributed by atoms with E-state index in [1.807, 2.05) is 61.7 Å². The molecule has 0 spiro atoms. The van der Waals surface area contributed by atoms with E-state index in [1.165, 1.54) is 11.3 Å². The molecule has 2 heterocycles. The fraction of sp³-hybridized carbons (Fsp3) is 0.182. The van der Waals surface area contributed by atoms with E-state index >= 15 is 0 Å². The van der Waals surface area contributed by atoms with Crippen molar-refractivity contribution in [1.82, 2.24) is 0 Å². The molecule has 2 N–H and O–H groups in total. The normalized spacial score (nSPS) is 15.8. The number of thiophene rings is 1. The van der Waals surface area contributed by atoms with Crippen molar-refractivity contribution in [3.8, 4) is 11.1 Å². The van der Waals surface area contributed by atoms with E-state index in [0.29, 0.717) is 17.7 Å². The number of amides is 1. The maximum absolute atomic E-state index is 12.5. The van der Waals surface area contributed by atoms with Crippen LogP contribution in [0.2, 0.25) is 0 Å². The lowest BCUT2D eigenvalue weighted by Gasteiger charge is -2.24. The zero-order valence-electron chi connectivity index (χ0n) is 15.5. The van der Waals surface area contributed by atoms with Crippen LogP contribution in [0.4, 0.5) is 5.69 Å². The van der Waals surface area contributed by atoms with Crippen LogP contribution in [0.3, 0.4) is 0 Å². The number of aryl methyl sites for hydroxylation is 1. The van der Waals surface area contributed by atoms with Crippen molar-refractivity contribution >= 4 is 40.7 Å². The smallest absolute Gasteiger partial charge is 0.346 e. The Bertz CT molecular complexity index is 1050. The number of carboxylic acids is 1. The fourth-order valence-electron chi connectivity index (χ4n) is 3.54. The molecule has 1 aromatic heterocycles. The summed E-state index contributed by atoms with van der Waals surface area (Å²) >= 11 is 2.93. The number of rotatable bonds is 4. The maximum atomic E-state index is 12.5. The summed E-state index contributed by atoms with van der Waals surface area (Å²) < 4.78 is 0. The van der Waals surface area contributed by atoms with E-state index in [-0.39, 0.29) is 16.7 Å². The van der Waals surface area contributed by atoms with Gasteiger partial charge in [0.05, 0.1) is 5.69 Å². The van der Waals surface area contributed by atoms with Crippen LogP contribution in [0, 0.1) is 6.92 Å². The van der Waals surface area contributed by atoms with Crippen LogP contribution in [-0.4, -0.2) is 23.2 Å². The summed E-state index contributed by atoms with van der Waals surface area (Å²) in [5.74, 6) is -1.20. The molecule has 0 unspecified atom stereocenters. The first-order chi connectivity index (χ1) is 13.5. The second-order valence-corrected chi connectivity index (χ2v) is 8.73. The Balaban J connectivity index is 1.89. The Hall–Kier alpha value is -2.57. The number of carboxylic acid groups (broad SMARTS) is 1. The summed E-state index contributed by atoms with van der Waals surface area (Å²) in [6, 6.07) is 15.9. The monoisotopic (exact) mass is 409 g/mol. The van der Waals surface area contributed by atoms with Crippen LogP contribution in [0.5, 0.6) is 0 Å². The molecular formula is C22H19NO3S2. The van der Waals surface area contributed by atoms with Crippen LogP contribution in [-0.2, 0) is 4.79 Å². The van der Waals surface area contributed by atoms with Crippen molar-refractivity contribution in [3.05, 3.63) is 69.4 Å². The van der Waals surface area contributed by atoms with Crippen LogP contribution in [0.25, 0.3) is 11.1 Å². The fourth-order valence-corrected chi connectivity index (χ4v) is 5.19. The minimum atomic E-state index is -0.972. The van der Waals surface area contributed by atoms with Gasteiger partial charge in [0.2, 0.25) is 5.91 Å². The highest BCUT2D eigenvalue weighted by Crippen LogP contribution is 2.49. The average Bonchev–Trinajstić information content (AvgIpc) is 3.07. The standard InChI is InChI=1S/C22H19NO3S2/c1-12-3-5-14(6-4-12)18-19-20(28-21(18)22(25)26)16(11-17(24)23-19)13-7-9-15(27-2)10-8-13/h3-10,16H,11H2,1-2H3,(H,23,24)(H,25,26)/t16-/m0/s1. The molecule has 3 aromatic rings. The van der Waals surface area contributed by atoms with E-state index in [4.69, 9.17) is 0 Å². The van der Waals surface area contributed by atoms with Crippen LogP contribution < -0.4 is 5.32 Å². The Morgan fingerprint density at radius 1 is 1.14 bits per heavy atom. The van der Waals surface area contributed by atoms with Gasteiger partial charge in [-0.3, -0.25) is 4.79 Å². The molecule has 28 heavy (non-hydrogen) atoms. The van der Waals surface area contributed by atoms with Gasteiger partial charge in [-0.2, -0.15) is 0 Å². The predicted molar refractivity (Wildman–Crippen MR) is 115 cm³/mol. The van der Waals surface area contributed by atoms with Crippen molar-refractivity contribution in [2.45, 2.75) is 24.2 Å². The topological polar surface area (TPSA) is 66.4 Å². The Kier molecular flexibility index (Phi) is 5.00. The number of aromatic carboxylic acids is 1. The largest absolute Gasteiger partial charge is 0.477 e. The van der Waals surface area contributed by atoms with Crippen LogP contribution in [0.15, 0.2) is 53.4 Å². The minimum absolute atomic E-state index is 0.0884. The summed E-state index contributed by atoms with van der Waals surface area (Å²) in [6.07, 6.45) is 2.34. The number of fused-ring (bicyclic) bond motifs is 1. The van der Waals surface area contributed by atoms with Gasteiger partial charge in [0.15, 0.2) is 0 Å². The molecule has 0 radical (unpaired) electrons. The summed E-state index contributed by atoms with van der Waals surface area (Å²) in [6.45, 7) is 1.99. The summed E-state index contributed by atoms with van der Waals surface area (Å²) in [4.78, 5) is 26.8. The van der Waals surface area contributed by atoms with Gasteiger partial charge in [-0.1, -0.05) is 42.0 Å². The molecule has 0 aliphatic carbocycles. The van der Waals surface area contributed by atoms with Gasteiger partial charge in [0.1, 0.15) is 4.88 Å². The third-order valence-corrected chi connectivity index (χ3v) is 6.99. The molecular weight excluding hydrogens is 390 g/mol. The van der Waals surface area contributed by atoms with Crippen molar-refractivity contribution in [3.63, 3.8) is 0 Å². The number of thioether (sulfide) groups is 1. The Morgan fingerprint density at radius 3 is 2.43 bits per heavy atom. The van der Waals surface area contributed by atoms with Gasteiger partial charge in [-0.15, -0.1) is 23.1 Å². The first-order valence-corrected chi connectivity index (χ1v) is 10.9. The average molecular weight is 410 g/mol. The van der Waals surface area contributed by atoms with Gasteiger partial charge in [-0.05, 0) is 36.4 Å². The molecule has 1 amide bonds. The summed E-state index contributed by atoms with van der Waals surface area (Å²) in [7, 11) is 0. The molecule has 2 aromatic carbocycles. The van der Waals surface area contributed by atoms with Crippen LogP contribution in [0.1, 0.15) is 38.0 Å². The number of benzene rings is 2. The molecule has 0 bridgehead atoms. The van der Waals surface area contributed by atoms with Crippen molar-refractivity contribution in [2.24, 2.45) is 0 Å².